The minimum absolute atomic E-state index is 0.184. The summed E-state index contributed by atoms with van der Waals surface area (Å²) in [5.41, 5.74) is 2.33. The molecule has 3 N–H and O–H groups in total. The van der Waals surface area contributed by atoms with Gasteiger partial charge in [0.15, 0.2) is 8.32 Å². The van der Waals surface area contributed by atoms with Gasteiger partial charge in [-0.25, -0.2) is 9.59 Å². The van der Waals surface area contributed by atoms with Gasteiger partial charge in [-0.05, 0) is 93.4 Å². The number of ether oxygens (including phenoxy) is 2. The van der Waals surface area contributed by atoms with Gasteiger partial charge < -0.3 is 29.5 Å². The molecule has 17 heteroatoms. The number of hydrogen-bond acceptors (Lipinski definition) is 12. The van der Waals surface area contributed by atoms with Crippen molar-refractivity contribution < 1.29 is 27.1 Å². The molecule has 3 aromatic rings. The van der Waals surface area contributed by atoms with Crippen molar-refractivity contribution in [2.75, 3.05) is 47.5 Å². The second-order valence-electron chi connectivity index (χ2n) is 16.2. The minimum Gasteiger partial charge on any atom is -0.497 e. The van der Waals surface area contributed by atoms with Crippen LogP contribution >= 0.6 is 0 Å². The second-order valence-corrected chi connectivity index (χ2v) is 37.0. The Morgan fingerprint density at radius 1 is 0.725 bits per heavy atom. The largest absolute Gasteiger partial charge is 0.497 e. The van der Waals surface area contributed by atoms with Crippen molar-refractivity contribution in [3.63, 3.8) is 0 Å². The molecule has 1 atom stereocenters. The fourth-order valence-corrected chi connectivity index (χ4v) is 15.8. The normalized spacial score (nSPS) is 13.4. The number of aromatic nitrogens is 3. The quantitative estimate of drug-likeness (QED) is 0.0469. The Morgan fingerprint density at radius 3 is 1.63 bits per heavy atom. The summed E-state index contributed by atoms with van der Waals surface area (Å²) in [4.78, 5) is 39.0. The average molecular weight is 790 g/mol. The van der Waals surface area contributed by atoms with E-state index >= 15 is 0 Å². The van der Waals surface area contributed by atoms with E-state index in [1.54, 1.807) is 48.5 Å². The number of benzene rings is 2. The third kappa shape index (κ3) is 16.4. The molecule has 0 aliphatic rings. The van der Waals surface area contributed by atoms with Crippen molar-refractivity contribution >= 4 is 85.4 Å². The van der Waals surface area contributed by atoms with Gasteiger partial charge in [-0.1, -0.05) is 19.6 Å². The third-order valence-corrected chi connectivity index (χ3v) is 16.8. The van der Waals surface area contributed by atoms with Gasteiger partial charge in [-0.2, -0.15) is 38.5 Å². The second kappa shape index (κ2) is 18.1. The highest BCUT2D eigenvalue weighted by atomic mass is 32.2. The zero-order valence-corrected chi connectivity index (χ0v) is 37.2. The molecular formula is C34H57N6O6SSi4. The Labute approximate surface area is 311 Å². The van der Waals surface area contributed by atoms with Crippen LogP contribution < -0.4 is 16.0 Å². The summed E-state index contributed by atoms with van der Waals surface area (Å²) in [6, 6.07) is 14.8. The van der Waals surface area contributed by atoms with Gasteiger partial charge in [0.05, 0.1) is 25.4 Å². The minimum atomic E-state index is -2.37. The number of esters is 2. The van der Waals surface area contributed by atoms with Crippen LogP contribution in [0.15, 0.2) is 48.5 Å². The smallest absolute Gasteiger partial charge is 0.391 e. The predicted molar refractivity (Wildman–Crippen MR) is 221 cm³/mol. The Bertz CT molecular complexity index is 1510. The van der Waals surface area contributed by atoms with Gasteiger partial charge in [-0.3, -0.25) is 0 Å². The zero-order chi connectivity index (χ0) is 38.0. The topological polar surface area (TPSA) is 146 Å². The SMILES string of the molecule is C[S+](C)O[Si](C)(CCCNc1nc(Nc2ccc(C(=O)OC[Si](C)(C)C)cc2)nc(Nc2ccc(C(=O)OC[Si-](C)(C)C)cc2)n1)O[Si](C)(C)C. The summed E-state index contributed by atoms with van der Waals surface area (Å²) >= 11 is -0.184. The van der Waals surface area contributed by atoms with Gasteiger partial charge in [0, 0.05) is 17.9 Å². The van der Waals surface area contributed by atoms with Gasteiger partial charge in [0.25, 0.3) is 0 Å². The fraction of sp³-hybridized carbons (Fsp3) is 0.500. The number of rotatable bonds is 19. The lowest BCUT2D eigenvalue weighted by atomic mass is 10.2. The monoisotopic (exact) mass is 789 g/mol. The first kappa shape index (κ1) is 42.3. The molecule has 0 fully saturated rings. The van der Waals surface area contributed by atoms with Crippen molar-refractivity contribution in [1.82, 2.24) is 15.0 Å². The van der Waals surface area contributed by atoms with Crippen LogP contribution in [0, 0.1) is 0 Å². The van der Waals surface area contributed by atoms with Gasteiger partial charge in [0.1, 0.15) is 23.7 Å². The van der Waals surface area contributed by atoms with Crippen molar-refractivity contribution in [3.8, 4) is 0 Å². The molecule has 0 saturated carbocycles. The zero-order valence-electron chi connectivity index (χ0n) is 32.4. The van der Waals surface area contributed by atoms with Crippen LogP contribution in [0.3, 0.4) is 0 Å². The van der Waals surface area contributed by atoms with Crippen LogP contribution in [0.5, 0.6) is 0 Å². The van der Waals surface area contributed by atoms with Gasteiger partial charge >= 0.3 is 20.5 Å². The molecule has 51 heavy (non-hydrogen) atoms. The summed E-state index contributed by atoms with van der Waals surface area (Å²) in [6.07, 6.45) is 5.89. The lowest BCUT2D eigenvalue weighted by molar-refractivity contribution is 0.0556. The van der Waals surface area contributed by atoms with Crippen molar-refractivity contribution in [2.24, 2.45) is 0 Å². The lowest BCUT2D eigenvalue weighted by Gasteiger charge is -2.30. The van der Waals surface area contributed by atoms with E-state index in [2.05, 4.69) is 109 Å². The summed E-state index contributed by atoms with van der Waals surface area (Å²) in [5.74, 6) is 0.314. The summed E-state index contributed by atoms with van der Waals surface area (Å²) in [5, 5.41) is 9.82. The molecule has 0 aliphatic carbocycles. The highest BCUT2D eigenvalue weighted by Gasteiger charge is 2.41. The molecular weight excluding hydrogens is 733 g/mol. The number of nitrogens with one attached hydrogen (secondary N) is 3. The maximum absolute atomic E-state index is 12.6. The van der Waals surface area contributed by atoms with E-state index in [-0.39, 0.29) is 23.1 Å². The van der Waals surface area contributed by atoms with Crippen LogP contribution in [0.2, 0.25) is 71.5 Å². The van der Waals surface area contributed by atoms with Crippen LogP contribution in [0.1, 0.15) is 27.1 Å². The van der Waals surface area contributed by atoms with Crippen LogP contribution in [0.25, 0.3) is 0 Å². The molecule has 281 valence electrons. The fourth-order valence-electron chi connectivity index (χ4n) is 4.65. The maximum atomic E-state index is 12.6. The first-order chi connectivity index (χ1) is 23.6. The molecule has 0 amide bonds. The highest BCUT2D eigenvalue weighted by molar-refractivity contribution is 7.91. The molecule has 0 bridgehead atoms. The van der Waals surface area contributed by atoms with Gasteiger partial charge in [-0.15, -0.1) is 8.07 Å². The van der Waals surface area contributed by atoms with Crippen LogP contribution in [-0.4, -0.2) is 91.4 Å². The standard InChI is InChI=1S/C34H56N6O6SSi4/c1-47(2)45-51(12,46-50(9,10)11)23-13-22-35-32-38-33(36-28-18-14-26(15-19-28)30(41)43-24-48(3,4)5)40-34(39-32)37-29-20-16-27(17-21-29)31(42)44-25-49(6,7)8/h14-21H,13,22-25H2,1-12H3,(H2-,35,36,37,38,39,40,41,42)/q-1/p+1. The average Bonchev–Trinajstić information content (AvgIpc) is 2.99. The van der Waals surface area contributed by atoms with E-state index < -0.39 is 33.0 Å². The highest BCUT2D eigenvalue weighted by Crippen LogP contribution is 2.24. The first-order valence-corrected chi connectivity index (χ1v) is 32.5. The van der Waals surface area contributed by atoms with Crippen LogP contribution in [-0.2, 0) is 28.6 Å². The molecule has 1 unspecified atom stereocenters. The molecule has 0 saturated heterocycles. The van der Waals surface area contributed by atoms with E-state index in [4.69, 9.17) is 17.5 Å². The molecule has 0 spiro atoms. The Balaban J connectivity index is 1.78. The molecule has 12 nitrogen and oxygen atoms in total. The molecule has 2 aromatic carbocycles. The Morgan fingerprint density at radius 2 is 1.20 bits per heavy atom. The number of carbonyl (C=O) groups excluding carboxylic acids is 2. The Kier molecular flexibility index (Phi) is 15.0. The predicted octanol–water partition coefficient (Wildman–Crippen LogP) is 7.96. The lowest BCUT2D eigenvalue weighted by Crippen LogP contribution is -2.48. The number of hydrogen-bond donors (Lipinski definition) is 3. The van der Waals surface area contributed by atoms with E-state index in [1.807, 2.05) is 0 Å². The molecule has 1 heterocycles. The molecule has 0 radical (unpaired) electrons. The summed E-state index contributed by atoms with van der Waals surface area (Å²) < 4.78 is 24.0. The third-order valence-electron chi connectivity index (χ3n) is 6.62. The molecule has 3 rings (SSSR count). The number of nitrogens with zero attached hydrogens (tertiary/aromatic N) is 3. The van der Waals surface area contributed by atoms with Crippen LogP contribution in [0.4, 0.5) is 29.2 Å². The summed E-state index contributed by atoms with van der Waals surface area (Å²) in [6.45, 7) is 22.2. The Hall–Kier alpha value is -3.07. The van der Waals surface area contributed by atoms with Gasteiger partial charge in [0.2, 0.25) is 17.8 Å². The summed E-state index contributed by atoms with van der Waals surface area (Å²) in [7, 11) is -7.22. The van der Waals surface area contributed by atoms with E-state index in [9.17, 15) is 9.59 Å². The molecule has 1 aromatic heterocycles. The molecule has 0 aliphatic heterocycles. The van der Waals surface area contributed by atoms with E-state index in [1.165, 1.54) is 0 Å². The van der Waals surface area contributed by atoms with Crippen molar-refractivity contribution in [1.29, 1.82) is 0 Å². The van der Waals surface area contributed by atoms with E-state index in [0.29, 0.717) is 59.4 Å². The van der Waals surface area contributed by atoms with Crippen molar-refractivity contribution in [3.05, 3.63) is 59.7 Å². The maximum Gasteiger partial charge on any atom is 0.391 e. The number of anilines is 5. The number of carbonyl (C=O) groups is 2. The first-order valence-electron chi connectivity index (χ1n) is 17.1. The van der Waals surface area contributed by atoms with Crippen molar-refractivity contribution in [2.45, 2.75) is 77.9 Å². The van der Waals surface area contributed by atoms with E-state index in [0.717, 1.165) is 12.5 Å².